The number of hydrogen-bond donors (Lipinski definition) is 1. The number of nitrogen functional groups attached to an aromatic ring is 1. The maximum atomic E-state index is 14.7. The smallest absolute Gasteiger partial charge is 0.435 e. The maximum absolute atomic E-state index is 14.7. The molecule has 35 heavy (non-hydrogen) atoms. The number of nitrogens with zero attached hydrogens (tertiary/aromatic N) is 4. The summed E-state index contributed by atoms with van der Waals surface area (Å²) in [4.78, 5) is 12.9. The third kappa shape index (κ3) is 6.68. The second kappa shape index (κ2) is 11.2. The van der Waals surface area contributed by atoms with E-state index in [1.165, 1.54) is 23.2 Å². The van der Waals surface area contributed by atoms with E-state index in [1.807, 2.05) is 0 Å². The van der Waals surface area contributed by atoms with Crippen molar-refractivity contribution < 1.29 is 13.9 Å². The summed E-state index contributed by atoms with van der Waals surface area (Å²) < 4.78 is 23.1. The molecule has 3 aromatic rings. The number of halogens is 1. The fraction of sp³-hybridized carbons (Fsp3) is 0.370. The van der Waals surface area contributed by atoms with E-state index >= 15 is 0 Å². The van der Waals surface area contributed by atoms with Gasteiger partial charge in [-0.1, -0.05) is 26.8 Å². The Hall–Kier alpha value is -3.68. The van der Waals surface area contributed by atoms with Crippen LogP contribution in [0.25, 0.3) is 29.0 Å². The highest BCUT2D eigenvalue weighted by molar-refractivity contribution is 5.91. The van der Waals surface area contributed by atoms with Crippen molar-refractivity contribution in [2.45, 2.75) is 60.5 Å². The molecule has 0 aliphatic heterocycles. The zero-order chi connectivity index (χ0) is 26.5. The Balaban J connectivity index is 0.00000137. The second-order valence-corrected chi connectivity index (χ2v) is 9.38. The molecule has 2 heterocycles. The van der Waals surface area contributed by atoms with E-state index in [-0.39, 0.29) is 0 Å². The summed E-state index contributed by atoms with van der Waals surface area (Å²) in [6.45, 7) is 17.0. The number of aryl methyl sites for hydroxylation is 2. The molecule has 0 amide bonds. The maximum Gasteiger partial charge on any atom is 0.435 e. The van der Waals surface area contributed by atoms with Crippen molar-refractivity contribution >= 4 is 29.5 Å². The molecule has 0 radical (unpaired) electrons. The molecule has 3 rings (SSSR count). The van der Waals surface area contributed by atoms with Gasteiger partial charge in [-0.05, 0) is 70.0 Å². The first-order chi connectivity index (χ1) is 16.3. The summed E-state index contributed by atoms with van der Waals surface area (Å²) in [7, 11) is 1.79. The predicted molar refractivity (Wildman–Crippen MR) is 141 cm³/mol. The van der Waals surface area contributed by atoms with Crippen molar-refractivity contribution in [2.75, 3.05) is 5.73 Å². The van der Waals surface area contributed by atoms with E-state index < -0.39 is 17.5 Å². The monoisotopic (exact) mass is 481 g/mol. The lowest BCUT2D eigenvalue weighted by atomic mass is 9.97. The number of carbonyl (C=O) groups is 1. The molecular weight excluding hydrogens is 445 g/mol. The van der Waals surface area contributed by atoms with Crippen LogP contribution in [0.1, 0.15) is 70.3 Å². The van der Waals surface area contributed by atoms with Crippen LogP contribution >= 0.6 is 0 Å². The highest BCUT2D eigenvalue weighted by Gasteiger charge is 2.25. The first-order valence-electron chi connectivity index (χ1n) is 11.5. The lowest BCUT2D eigenvalue weighted by Gasteiger charge is -2.19. The molecule has 2 N–H and O–H groups in total. The van der Waals surface area contributed by atoms with Gasteiger partial charge in [0.25, 0.3) is 0 Å². The number of anilines is 1. The van der Waals surface area contributed by atoms with E-state index in [1.54, 1.807) is 70.9 Å². The van der Waals surface area contributed by atoms with Crippen LogP contribution in [0.4, 0.5) is 14.9 Å². The summed E-state index contributed by atoms with van der Waals surface area (Å²) >= 11 is 0. The lowest BCUT2D eigenvalue weighted by molar-refractivity contribution is 0.0514. The zero-order valence-electron chi connectivity index (χ0n) is 21.9. The van der Waals surface area contributed by atoms with E-state index in [4.69, 9.17) is 10.5 Å². The van der Waals surface area contributed by atoms with Gasteiger partial charge >= 0.3 is 6.09 Å². The summed E-state index contributed by atoms with van der Waals surface area (Å²) in [6.07, 6.45) is 7.37. The van der Waals surface area contributed by atoms with E-state index in [2.05, 4.69) is 30.6 Å². The number of carbonyl (C=O) groups excluding carboxylic acids is 1. The Kier molecular flexibility index (Phi) is 8.79. The average Bonchev–Trinajstić information content (AvgIpc) is 3.29. The van der Waals surface area contributed by atoms with Crippen LogP contribution in [0, 0.1) is 12.7 Å². The SMILES string of the molecule is C=Cc1c(/C=C(\C)c2c(C)cc(N)cc2F)c(-c2cnn(C)c2)nn1C(=O)OC(C)(C)C.CCC. The Morgan fingerprint density at radius 2 is 1.91 bits per heavy atom. The van der Waals surface area contributed by atoms with Crippen molar-refractivity contribution in [2.24, 2.45) is 7.05 Å². The molecule has 188 valence electrons. The fourth-order valence-electron chi connectivity index (χ4n) is 3.54. The predicted octanol–water partition coefficient (Wildman–Crippen LogP) is 6.72. The van der Waals surface area contributed by atoms with Crippen molar-refractivity contribution in [3.05, 3.63) is 59.3 Å². The summed E-state index contributed by atoms with van der Waals surface area (Å²) in [6, 6.07) is 3.01. The molecule has 7 nitrogen and oxygen atoms in total. The molecule has 8 heteroatoms. The third-order valence-corrected chi connectivity index (χ3v) is 4.76. The molecule has 0 unspecified atom stereocenters. The van der Waals surface area contributed by atoms with Crippen molar-refractivity contribution in [1.82, 2.24) is 19.6 Å². The number of ether oxygens (including phenoxy) is 1. The van der Waals surface area contributed by atoms with Crippen molar-refractivity contribution in [1.29, 1.82) is 0 Å². The Bertz CT molecular complexity index is 1220. The molecular formula is C27H36FN5O2. The Morgan fingerprint density at radius 1 is 1.29 bits per heavy atom. The van der Waals surface area contributed by atoms with Crippen LogP contribution in [-0.2, 0) is 11.8 Å². The molecule has 1 aromatic carbocycles. The van der Waals surface area contributed by atoms with Gasteiger partial charge in [-0.2, -0.15) is 14.9 Å². The van der Waals surface area contributed by atoms with Gasteiger partial charge < -0.3 is 10.5 Å². The van der Waals surface area contributed by atoms with E-state index in [0.29, 0.717) is 44.9 Å². The average molecular weight is 482 g/mol. The number of rotatable bonds is 4. The summed E-state index contributed by atoms with van der Waals surface area (Å²) in [5, 5.41) is 8.72. The highest BCUT2D eigenvalue weighted by Crippen LogP contribution is 2.32. The fourth-order valence-corrected chi connectivity index (χ4v) is 3.54. The van der Waals surface area contributed by atoms with Crippen LogP contribution < -0.4 is 5.73 Å². The number of allylic oxidation sites excluding steroid dienone is 1. The van der Waals surface area contributed by atoms with Gasteiger partial charge in [0, 0.05) is 35.6 Å². The minimum absolute atomic E-state index is 0.358. The minimum atomic E-state index is -0.702. The van der Waals surface area contributed by atoms with E-state index in [0.717, 1.165) is 0 Å². The van der Waals surface area contributed by atoms with Gasteiger partial charge in [-0.15, -0.1) is 0 Å². The number of benzene rings is 1. The van der Waals surface area contributed by atoms with Crippen LogP contribution in [0.15, 0.2) is 31.1 Å². The van der Waals surface area contributed by atoms with Crippen LogP contribution in [-0.4, -0.2) is 31.3 Å². The minimum Gasteiger partial charge on any atom is -0.442 e. The molecule has 0 spiro atoms. The molecule has 0 saturated carbocycles. The lowest BCUT2D eigenvalue weighted by Crippen LogP contribution is -2.28. The normalized spacial score (nSPS) is 11.6. The van der Waals surface area contributed by atoms with Gasteiger partial charge in [-0.3, -0.25) is 4.68 Å². The molecule has 0 aliphatic rings. The van der Waals surface area contributed by atoms with Gasteiger partial charge in [-0.25, -0.2) is 9.18 Å². The molecule has 0 saturated heterocycles. The third-order valence-electron chi connectivity index (χ3n) is 4.76. The molecule has 0 bridgehead atoms. The van der Waals surface area contributed by atoms with Gasteiger partial charge in [0.15, 0.2) is 0 Å². The highest BCUT2D eigenvalue weighted by atomic mass is 19.1. The molecule has 0 aliphatic carbocycles. The Morgan fingerprint density at radius 3 is 2.40 bits per heavy atom. The van der Waals surface area contributed by atoms with Crippen LogP contribution in [0.2, 0.25) is 0 Å². The first-order valence-corrected chi connectivity index (χ1v) is 11.5. The van der Waals surface area contributed by atoms with Gasteiger partial charge in [0.2, 0.25) is 0 Å². The van der Waals surface area contributed by atoms with Crippen LogP contribution in [0.5, 0.6) is 0 Å². The van der Waals surface area contributed by atoms with Crippen LogP contribution in [0.3, 0.4) is 0 Å². The first kappa shape index (κ1) is 27.6. The molecule has 0 atom stereocenters. The second-order valence-electron chi connectivity index (χ2n) is 9.38. The van der Waals surface area contributed by atoms with Crippen molar-refractivity contribution in [3.8, 4) is 11.3 Å². The Labute approximate surface area is 207 Å². The quantitative estimate of drug-likeness (QED) is 0.418. The van der Waals surface area contributed by atoms with E-state index in [9.17, 15) is 9.18 Å². The van der Waals surface area contributed by atoms with Gasteiger partial charge in [0.05, 0.1) is 11.9 Å². The largest absolute Gasteiger partial charge is 0.442 e. The summed E-state index contributed by atoms with van der Waals surface area (Å²) in [5.41, 5.74) is 9.47. The molecule has 0 fully saturated rings. The number of aromatic nitrogens is 4. The molecule has 2 aromatic heterocycles. The number of hydrogen-bond acceptors (Lipinski definition) is 5. The zero-order valence-corrected chi connectivity index (χ0v) is 21.9. The standard InChI is InChI=1S/C24H28FN5O2.C3H8/c1-8-20-18(10-15(3)21-14(2)9-17(26)11-19(21)25)22(16-12-27-29(7)13-16)28-30(20)23(31)32-24(4,5)6;1-3-2/h8-13H,1,26H2,2-7H3;3H2,1-2H3/b15-10+;. The topological polar surface area (TPSA) is 88.0 Å². The van der Waals surface area contributed by atoms with Gasteiger partial charge in [0.1, 0.15) is 17.1 Å². The number of nitrogens with two attached hydrogens (primary N) is 1. The van der Waals surface area contributed by atoms with Crippen molar-refractivity contribution in [3.63, 3.8) is 0 Å². The summed E-state index contributed by atoms with van der Waals surface area (Å²) in [5.74, 6) is -0.418.